The van der Waals surface area contributed by atoms with Gasteiger partial charge in [0.25, 0.3) is 11.5 Å². The van der Waals surface area contributed by atoms with Gasteiger partial charge < -0.3 is 9.47 Å². The number of nitrogens with zero attached hydrogens (tertiary/aromatic N) is 1. The van der Waals surface area contributed by atoms with Gasteiger partial charge in [-0.1, -0.05) is 6.92 Å². The quantitative estimate of drug-likeness (QED) is 0.363. The van der Waals surface area contributed by atoms with Gasteiger partial charge >= 0.3 is 11.9 Å². The number of carbonyl (C=O) groups excluding carboxylic acids is 2. The highest BCUT2D eigenvalue weighted by molar-refractivity contribution is 5.96. The van der Waals surface area contributed by atoms with Gasteiger partial charge in [0, 0.05) is 24.6 Å². The van der Waals surface area contributed by atoms with Crippen LogP contribution in [0.2, 0.25) is 0 Å². The molecule has 0 bridgehead atoms. The van der Waals surface area contributed by atoms with Crippen LogP contribution in [0.4, 0.5) is 5.69 Å². The van der Waals surface area contributed by atoms with E-state index in [0.29, 0.717) is 12.0 Å². The Morgan fingerprint density at radius 2 is 1.70 bits per heavy atom. The summed E-state index contributed by atoms with van der Waals surface area (Å²) in [4.78, 5) is 33.6. The molecule has 1 aromatic rings. The molecule has 0 amide bonds. The number of non-ortho nitro benzene ring substituents is 1. The van der Waals surface area contributed by atoms with Crippen LogP contribution in [-0.2, 0) is 24.8 Å². The van der Waals surface area contributed by atoms with Crippen molar-refractivity contribution in [2.45, 2.75) is 26.1 Å². The maximum absolute atomic E-state index is 11.8. The molecule has 1 saturated heterocycles. The van der Waals surface area contributed by atoms with Crippen LogP contribution < -0.4 is 0 Å². The zero-order valence-corrected chi connectivity index (χ0v) is 11.0. The monoisotopic (exact) mass is 279 g/mol. The molecule has 0 radical (unpaired) electrons. The van der Waals surface area contributed by atoms with Crippen molar-refractivity contribution in [1.82, 2.24) is 0 Å². The largest absolute Gasteiger partial charge is 0.418 e. The average molecular weight is 279 g/mol. The number of rotatable bonds is 3. The number of nitro groups is 1. The molecular formula is C13H13NO6. The molecule has 1 aliphatic heterocycles. The number of cyclic esters (lactones) is 2. The van der Waals surface area contributed by atoms with E-state index in [0.717, 1.165) is 0 Å². The molecule has 0 aliphatic carbocycles. The lowest BCUT2D eigenvalue weighted by molar-refractivity contribution is -0.384. The number of ether oxygens (including phenoxy) is 2. The Kier molecular flexibility index (Phi) is 3.44. The minimum absolute atomic E-state index is 0.0998. The van der Waals surface area contributed by atoms with Crippen LogP contribution in [0.1, 0.15) is 25.8 Å². The van der Waals surface area contributed by atoms with E-state index < -0.39 is 28.6 Å². The van der Waals surface area contributed by atoms with E-state index in [9.17, 15) is 19.7 Å². The van der Waals surface area contributed by atoms with Crippen LogP contribution in [0.3, 0.4) is 0 Å². The third-order valence-electron chi connectivity index (χ3n) is 3.17. The third-order valence-corrected chi connectivity index (χ3v) is 3.17. The van der Waals surface area contributed by atoms with Gasteiger partial charge in [0.1, 0.15) is 0 Å². The summed E-state index contributed by atoms with van der Waals surface area (Å²) in [6.07, 6.45) is 0.300. The number of nitro benzene ring substituents is 1. The highest BCUT2D eigenvalue weighted by atomic mass is 16.7. The van der Waals surface area contributed by atoms with E-state index in [-0.39, 0.29) is 5.69 Å². The van der Waals surface area contributed by atoms with E-state index >= 15 is 0 Å². The molecule has 1 aromatic carbocycles. The predicted molar refractivity (Wildman–Crippen MR) is 66.4 cm³/mol. The van der Waals surface area contributed by atoms with E-state index in [4.69, 9.17) is 9.47 Å². The van der Waals surface area contributed by atoms with E-state index in [1.165, 1.54) is 31.2 Å². The average Bonchev–Trinajstić information content (AvgIpc) is 2.38. The second kappa shape index (κ2) is 4.92. The summed E-state index contributed by atoms with van der Waals surface area (Å²) in [5.41, 5.74) is 0.261. The summed E-state index contributed by atoms with van der Waals surface area (Å²) in [6, 6.07) is 5.30. The van der Waals surface area contributed by atoms with Crippen molar-refractivity contribution in [3.63, 3.8) is 0 Å². The molecule has 0 unspecified atom stereocenters. The molecule has 20 heavy (non-hydrogen) atoms. The van der Waals surface area contributed by atoms with Gasteiger partial charge in [0.05, 0.1) is 4.92 Å². The molecular weight excluding hydrogens is 266 g/mol. The van der Waals surface area contributed by atoms with E-state index in [1.807, 2.05) is 0 Å². The Bertz CT molecular complexity index is 547. The minimum atomic E-state index is -1.55. The van der Waals surface area contributed by atoms with Crippen molar-refractivity contribution in [2.24, 2.45) is 5.92 Å². The first-order chi connectivity index (χ1) is 9.37. The van der Waals surface area contributed by atoms with Crippen LogP contribution >= 0.6 is 0 Å². The van der Waals surface area contributed by atoms with Crippen LogP contribution in [0.15, 0.2) is 24.3 Å². The van der Waals surface area contributed by atoms with Gasteiger partial charge in [-0.3, -0.25) is 19.7 Å². The van der Waals surface area contributed by atoms with Gasteiger partial charge in [-0.25, -0.2) is 0 Å². The lowest BCUT2D eigenvalue weighted by Crippen LogP contribution is -2.46. The molecule has 1 heterocycles. The highest BCUT2D eigenvalue weighted by Gasteiger charge is 2.46. The van der Waals surface area contributed by atoms with Crippen molar-refractivity contribution in [3.05, 3.63) is 39.9 Å². The molecule has 0 atom stereocenters. The number of hydrogen-bond donors (Lipinski definition) is 0. The first-order valence-electron chi connectivity index (χ1n) is 6.08. The van der Waals surface area contributed by atoms with Crippen molar-refractivity contribution in [1.29, 1.82) is 0 Å². The lowest BCUT2D eigenvalue weighted by atomic mass is 10.0. The van der Waals surface area contributed by atoms with Crippen molar-refractivity contribution >= 4 is 17.6 Å². The van der Waals surface area contributed by atoms with E-state index in [1.54, 1.807) is 6.92 Å². The molecule has 0 saturated carbocycles. The second-order valence-electron chi connectivity index (χ2n) is 4.55. The molecule has 1 aliphatic rings. The van der Waals surface area contributed by atoms with Crippen molar-refractivity contribution < 1.29 is 24.0 Å². The number of esters is 2. The lowest BCUT2D eigenvalue weighted by Gasteiger charge is -2.35. The first-order valence-corrected chi connectivity index (χ1v) is 6.08. The van der Waals surface area contributed by atoms with Gasteiger partial charge in [0.15, 0.2) is 5.92 Å². The fraction of sp³-hybridized carbons (Fsp3) is 0.385. The molecule has 7 heteroatoms. The SMILES string of the molecule is CCC1C(=O)OC(C)(c2ccc([N+](=O)[O-])cc2)OC1=O. The zero-order chi connectivity index (χ0) is 14.9. The second-order valence-corrected chi connectivity index (χ2v) is 4.55. The molecule has 2 rings (SSSR count). The summed E-state index contributed by atoms with van der Waals surface area (Å²) in [5, 5.41) is 10.6. The smallest absolute Gasteiger partial charge is 0.323 e. The summed E-state index contributed by atoms with van der Waals surface area (Å²) in [6.45, 7) is 3.11. The van der Waals surface area contributed by atoms with Gasteiger partial charge in [-0.2, -0.15) is 0 Å². The maximum Gasteiger partial charge on any atom is 0.323 e. The van der Waals surface area contributed by atoms with E-state index in [2.05, 4.69) is 0 Å². The molecule has 7 nitrogen and oxygen atoms in total. The summed E-state index contributed by atoms with van der Waals surface area (Å²) in [5.74, 6) is -3.76. The normalized spacial score (nSPS) is 25.8. The fourth-order valence-electron chi connectivity index (χ4n) is 1.98. The number of carbonyl (C=O) groups is 2. The third kappa shape index (κ3) is 2.34. The molecule has 106 valence electrons. The Morgan fingerprint density at radius 3 is 2.10 bits per heavy atom. The summed E-state index contributed by atoms with van der Waals surface area (Å²) in [7, 11) is 0. The van der Waals surface area contributed by atoms with Crippen LogP contribution in [-0.4, -0.2) is 16.9 Å². The number of hydrogen-bond acceptors (Lipinski definition) is 6. The molecule has 0 aromatic heterocycles. The van der Waals surface area contributed by atoms with Crippen molar-refractivity contribution in [3.8, 4) is 0 Å². The molecule has 0 spiro atoms. The molecule has 0 N–H and O–H groups in total. The predicted octanol–water partition coefficient (Wildman–Crippen LogP) is 1.89. The maximum atomic E-state index is 11.8. The Labute approximate surface area is 114 Å². The Morgan fingerprint density at radius 1 is 1.20 bits per heavy atom. The standard InChI is InChI=1S/C13H13NO6/c1-3-10-11(15)19-13(2,20-12(10)16)8-4-6-9(7-5-8)14(17)18/h4-7,10H,3H2,1-2H3. The minimum Gasteiger partial charge on any atom is -0.418 e. The van der Waals surface area contributed by atoms with Crippen molar-refractivity contribution in [2.75, 3.05) is 0 Å². The van der Waals surface area contributed by atoms with Crippen LogP contribution in [0.5, 0.6) is 0 Å². The highest BCUT2D eigenvalue weighted by Crippen LogP contribution is 2.34. The van der Waals surface area contributed by atoms with Gasteiger partial charge in [0.2, 0.25) is 0 Å². The van der Waals surface area contributed by atoms with Gasteiger partial charge in [-0.15, -0.1) is 0 Å². The first kappa shape index (κ1) is 14.0. The Balaban J connectivity index is 2.29. The summed E-state index contributed by atoms with van der Waals surface area (Å²) < 4.78 is 10.4. The van der Waals surface area contributed by atoms with Gasteiger partial charge in [-0.05, 0) is 18.6 Å². The van der Waals surface area contributed by atoms with Crippen LogP contribution in [0.25, 0.3) is 0 Å². The Hall–Kier alpha value is -2.44. The number of benzene rings is 1. The zero-order valence-electron chi connectivity index (χ0n) is 11.0. The van der Waals surface area contributed by atoms with Crippen LogP contribution in [0, 0.1) is 16.0 Å². The summed E-state index contributed by atoms with van der Waals surface area (Å²) >= 11 is 0. The fourth-order valence-corrected chi connectivity index (χ4v) is 1.98. The molecule has 1 fully saturated rings. The topological polar surface area (TPSA) is 95.7 Å².